The summed E-state index contributed by atoms with van der Waals surface area (Å²) in [5.74, 6) is 0. The van der Waals surface area contributed by atoms with Gasteiger partial charge in [-0.3, -0.25) is 0 Å². The highest BCUT2D eigenvalue weighted by Crippen LogP contribution is 2.10. The average molecular weight is 244 g/mol. The molecule has 0 radical (unpaired) electrons. The largest absolute Gasteiger partial charge is 0.317 e. The van der Waals surface area contributed by atoms with Crippen molar-refractivity contribution in [3.8, 4) is 0 Å². The van der Waals surface area contributed by atoms with Gasteiger partial charge in [-0.05, 0) is 45.0 Å². The van der Waals surface area contributed by atoms with Crippen molar-refractivity contribution < 1.29 is 0 Å². The molecule has 0 amide bonds. The van der Waals surface area contributed by atoms with Crippen molar-refractivity contribution in [2.75, 3.05) is 26.7 Å². The quantitative estimate of drug-likeness (QED) is 0.857. The summed E-state index contributed by atoms with van der Waals surface area (Å²) >= 11 is 0. The van der Waals surface area contributed by atoms with Gasteiger partial charge in [0.1, 0.15) is 0 Å². The highest BCUT2D eigenvalue weighted by Gasteiger charge is 2.16. The summed E-state index contributed by atoms with van der Waals surface area (Å²) < 4.78 is 0. The van der Waals surface area contributed by atoms with Crippen molar-refractivity contribution in [3.05, 3.63) is 42.0 Å². The minimum Gasteiger partial charge on any atom is -0.317 e. The van der Waals surface area contributed by atoms with E-state index >= 15 is 0 Å². The molecule has 2 rings (SSSR count). The summed E-state index contributed by atoms with van der Waals surface area (Å²) in [6, 6.07) is 11.3. The fourth-order valence-corrected chi connectivity index (χ4v) is 2.49. The van der Waals surface area contributed by atoms with Gasteiger partial charge in [-0.15, -0.1) is 0 Å². The molecule has 0 atom stereocenters. The Morgan fingerprint density at radius 2 is 1.94 bits per heavy atom. The van der Waals surface area contributed by atoms with Crippen LogP contribution in [0.2, 0.25) is 0 Å². The molecule has 1 aliphatic rings. The fourth-order valence-electron chi connectivity index (χ4n) is 2.49. The maximum absolute atomic E-state index is 3.37. The normalized spacial score (nSPS) is 18.5. The van der Waals surface area contributed by atoms with E-state index in [1.165, 1.54) is 38.0 Å². The SMILES string of the molecule is CNC1CCN(CC/C=C/c2ccccc2)CC1. The summed E-state index contributed by atoms with van der Waals surface area (Å²) in [6.45, 7) is 3.68. The summed E-state index contributed by atoms with van der Waals surface area (Å²) in [5.41, 5.74) is 1.30. The molecular weight excluding hydrogens is 220 g/mol. The lowest BCUT2D eigenvalue weighted by molar-refractivity contribution is 0.205. The zero-order valence-electron chi connectivity index (χ0n) is 11.3. The van der Waals surface area contributed by atoms with Crippen molar-refractivity contribution in [3.63, 3.8) is 0 Å². The van der Waals surface area contributed by atoms with Gasteiger partial charge in [-0.25, -0.2) is 0 Å². The summed E-state index contributed by atoms with van der Waals surface area (Å²) in [6.07, 6.45) is 8.25. The second-order valence-corrected chi connectivity index (χ2v) is 5.01. The van der Waals surface area contributed by atoms with Gasteiger partial charge in [0, 0.05) is 12.6 Å². The van der Waals surface area contributed by atoms with Gasteiger partial charge in [0.15, 0.2) is 0 Å². The highest BCUT2D eigenvalue weighted by molar-refractivity contribution is 5.48. The molecule has 0 spiro atoms. The van der Waals surface area contributed by atoms with Crippen molar-refractivity contribution in [1.82, 2.24) is 10.2 Å². The molecule has 2 heteroatoms. The van der Waals surface area contributed by atoms with Crippen LogP contribution in [0, 0.1) is 0 Å². The third-order valence-corrected chi connectivity index (χ3v) is 3.72. The van der Waals surface area contributed by atoms with E-state index in [0.29, 0.717) is 0 Å². The van der Waals surface area contributed by atoms with Crippen LogP contribution in [-0.4, -0.2) is 37.6 Å². The Morgan fingerprint density at radius 3 is 2.61 bits per heavy atom. The molecule has 18 heavy (non-hydrogen) atoms. The van der Waals surface area contributed by atoms with E-state index in [1.807, 2.05) is 0 Å². The molecule has 1 saturated heterocycles. The summed E-state index contributed by atoms with van der Waals surface area (Å²) in [7, 11) is 2.07. The van der Waals surface area contributed by atoms with E-state index < -0.39 is 0 Å². The molecule has 1 heterocycles. The van der Waals surface area contributed by atoms with Gasteiger partial charge in [0.25, 0.3) is 0 Å². The molecule has 1 fully saturated rings. The van der Waals surface area contributed by atoms with Crippen LogP contribution >= 0.6 is 0 Å². The number of likely N-dealkylation sites (tertiary alicyclic amines) is 1. The van der Waals surface area contributed by atoms with Crippen LogP contribution in [0.3, 0.4) is 0 Å². The highest BCUT2D eigenvalue weighted by atomic mass is 15.1. The molecule has 0 saturated carbocycles. The second kappa shape index (κ2) is 7.34. The number of nitrogens with zero attached hydrogens (tertiary/aromatic N) is 1. The Labute approximate surface area is 111 Å². The zero-order chi connectivity index (χ0) is 12.6. The Morgan fingerprint density at radius 1 is 1.22 bits per heavy atom. The molecule has 1 aromatic rings. The van der Waals surface area contributed by atoms with Crippen molar-refractivity contribution in [2.45, 2.75) is 25.3 Å². The molecule has 1 aromatic carbocycles. The predicted octanol–water partition coefficient (Wildman–Crippen LogP) is 2.77. The van der Waals surface area contributed by atoms with E-state index in [1.54, 1.807) is 0 Å². The van der Waals surface area contributed by atoms with Gasteiger partial charge in [0.2, 0.25) is 0 Å². The number of benzene rings is 1. The van der Waals surface area contributed by atoms with Crippen LogP contribution in [0.1, 0.15) is 24.8 Å². The standard InChI is InChI=1S/C16H24N2/c1-17-16-10-13-18(14-11-16)12-6-5-9-15-7-3-2-4-8-15/h2-5,7-9,16-17H,6,10-14H2,1H3/b9-5+. The van der Waals surface area contributed by atoms with Crippen LogP contribution in [0.15, 0.2) is 36.4 Å². The molecule has 2 nitrogen and oxygen atoms in total. The molecule has 0 bridgehead atoms. The predicted molar refractivity (Wildman–Crippen MR) is 78.6 cm³/mol. The van der Waals surface area contributed by atoms with Crippen molar-refractivity contribution in [2.24, 2.45) is 0 Å². The van der Waals surface area contributed by atoms with Gasteiger partial charge < -0.3 is 10.2 Å². The maximum atomic E-state index is 3.37. The van der Waals surface area contributed by atoms with Gasteiger partial charge in [-0.2, -0.15) is 0 Å². The molecule has 0 unspecified atom stereocenters. The maximum Gasteiger partial charge on any atom is 0.00884 e. The first kappa shape index (κ1) is 13.3. The lowest BCUT2D eigenvalue weighted by Crippen LogP contribution is -2.41. The Hall–Kier alpha value is -1.12. The minimum absolute atomic E-state index is 0.737. The molecule has 1 N–H and O–H groups in total. The van der Waals surface area contributed by atoms with Crippen LogP contribution in [0.4, 0.5) is 0 Å². The van der Waals surface area contributed by atoms with Gasteiger partial charge >= 0.3 is 0 Å². The van der Waals surface area contributed by atoms with E-state index in [-0.39, 0.29) is 0 Å². The van der Waals surface area contributed by atoms with E-state index in [4.69, 9.17) is 0 Å². The minimum atomic E-state index is 0.737. The second-order valence-electron chi connectivity index (χ2n) is 5.01. The number of nitrogens with one attached hydrogen (secondary N) is 1. The Balaban J connectivity index is 1.66. The third-order valence-electron chi connectivity index (χ3n) is 3.72. The Kier molecular flexibility index (Phi) is 5.43. The van der Waals surface area contributed by atoms with Crippen molar-refractivity contribution in [1.29, 1.82) is 0 Å². The first-order valence-corrected chi connectivity index (χ1v) is 6.99. The number of hydrogen-bond acceptors (Lipinski definition) is 2. The lowest BCUT2D eigenvalue weighted by Gasteiger charge is -2.31. The topological polar surface area (TPSA) is 15.3 Å². The van der Waals surface area contributed by atoms with Crippen LogP contribution in [-0.2, 0) is 0 Å². The molecule has 0 aliphatic carbocycles. The number of piperidine rings is 1. The molecule has 0 aromatic heterocycles. The number of hydrogen-bond donors (Lipinski definition) is 1. The molecule has 1 aliphatic heterocycles. The van der Waals surface area contributed by atoms with E-state index in [0.717, 1.165) is 12.5 Å². The zero-order valence-corrected chi connectivity index (χ0v) is 11.3. The molecular formula is C16H24N2. The third kappa shape index (κ3) is 4.28. The van der Waals surface area contributed by atoms with Crippen molar-refractivity contribution >= 4 is 6.08 Å². The van der Waals surface area contributed by atoms with Gasteiger partial charge in [0.05, 0.1) is 0 Å². The smallest absolute Gasteiger partial charge is 0.00884 e. The van der Waals surface area contributed by atoms with Gasteiger partial charge in [-0.1, -0.05) is 42.5 Å². The summed E-state index contributed by atoms with van der Waals surface area (Å²) in [4.78, 5) is 2.57. The molecule has 98 valence electrons. The number of rotatable bonds is 5. The Bertz CT molecular complexity index is 351. The fraction of sp³-hybridized carbons (Fsp3) is 0.500. The van der Waals surface area contributed by atoms with Crippen LogP contribution in [0.25, 0.3) is 6.08 Å². The van der Waals surface area contributed by atoms with E-state index in [9.17, 15) is 0 Å². The van der Waals surface area contributed by atoms with Crippen LogP contribution in [0.5, 0.6) is 0 Å². The van der Waals surface area contributed by atoms with Crippen LogP contribution < -0.4 is 5.32 Å². The monoisotopic (exact) mass is 244 g/mol. The van der Waals surface area contributed by atoms with E-state index in [2.05, 4.69) is 59.7 Å². The lowest BCUT2D eigenvalue weighted by atomic mass is 10.1. The summed E-state index contributed by atoms with van der Waals surface area (Å²) in [5, 5.41) is 3.37. The first-order valence-electron chi connectivity index (χ1n) is 6.99. The first-order chi connectivity index (χ1) is 8.88. The average Bonchev–Trinajstić information content (AvgIpc) is 2.45.